The van der Waals surface area contributed by atoms with Crippen molar-refractivity contribution in [1.29, 1.82) is 0 Å². The van der Waals surface area contributed by atoms with Crippen LogP contribution >= 0.6 is 0 Å². The van der Waals surface area contributed by atoms with Crippen LogP contribution in [0.2, 0.25) is 0 Å². The third kappa shape index (κ3) is 1.39. The van der Waals surface area contributed by atoms with E-state index in [1.165, 1.54) is 17.8 Å². The summed E-state index contributed by atoms with van der Waals surface area (Å²) in [5.41, 5.74) is 1.51. The first kappa shape index (κ1) is 9.50. The Kier molecular flexibility index (Phi) is 2.22. The van der Waals surface area contributed by atoms with Crippen molar-refractivity contribution in [2.75, 3.05) is 28.2 Å². The highest BCUT2D eigenvalue weighted by Crippen LogP contribution is 2.38. The van der Waals surface area contributed by atoms with E-state index in [0.29, 0.717) is 11.8 Å². The molecule has 0 aromatic heterocycles. The minimum Gasteiger partial charge on any atom is -0.267 e. The quantitative estimate of drug-likeness (QED) is 0.262. The molecule has 0 spiro atoms. The lowest BCUT2D eigenvalue weighted by atomic mass is 10.0. The van der Waals surface area contributed by atoms with E-state index in [1.807, 2.05) is 0 Å². The zero-order chi connectivity index (χ0) is 10.3. The zero-order valence-electron chi connectivity index (χ0n) is 9.49. The maximum Gasteiger partial charge on any atom is 0.274 e. The maximum absolute atomic E-state index is 2.42. The van der Waals surface area contributed by atoms with Crippen molar-refractivity contribution >= 4 is 5.84 Å². The molecule has 0 heterocycles. The normalized spacial score (nSPS) is 27.9. The third-order valence-corrected chi connectivity index (χ3v) is 3.02. The standard InChI is InChI=1S/C12H19N2/c1-13(2)12(14(3)4)11-8-9-5-6-10(11)7-9/h5-6,8-10H,7H2,1-4H3/q+1/t9-,10+/m0/s1. The number of allylic oxidation sites excluding steroid dienone is 3. The predicted octanol–water partition coefficient (Wildman–Crippen LogP) is 1.35. The molecule has 2 atom stereocenters. The Balaban J connectivity index is 2.32. The lowest BCUT2D eigenvalue weighted by Gasteiger charge is -2.16. The van der Waals surface area contributed by atoms with E-state index >= 15 is 0 Å². The summed E-state index contributed by atoms with van der Waals surface area (Å²) in [7, 11) is 8.47. The minimum atomic E-state index is 0.666. The lowest BCUT2D eigenvalue weighted by molar-refractivity contribution is -0.469. The summed E-state index contributed by atoms with van der Waals surface area (Å²) >= 11 is 0. The molecule has 0 aliphatic heterocycles. The second kappa shape index (κ2) is 3.26. The van der Waals surface area contributed by atoms with Gasteiger partial charge in [0.15, 0.2) is 0 Å². The van der Waals surface area contributed by atoms with E-state index < -0.39 is 0 Å². The molecular formula is C12H19N2+. The van der Waals surface area contributed by atoms with E-state index in [1.54, 1.807) is 0 Å². The molecule has 2 aliphatic rings. The van der Waals surface area contributed by atoms with Crippen LogP contribution in [0.15, 0.2) is 23.8 Å². The molecule has 0 radical (unpaired) electrons. The molecule has 0 unspecified atom stereocenters. The number of amidine groups is 1. The Morgan fingerprint density at radius 3 is 2.43 bits per heavy atom. The van der Waals surface area contributed by atoms with Crippen LogP contribution in [0.25, 0.3) is 0 Å². The highest BCUT2D eigenvalue weighted by atomic mass is 15.2. The maximum atomic E-state index is 2.42. The number of nitrogens with zero attached hydrogens (tertiary/aromatic N) is 2. The molecular weight excluding hydrogens is 172 g/mol. The third-order valence-electron chi connectivity index (χ3n) is 3.02. The fourth-order valence-electron chi connectivity index (χ4n) is 2.59. The summed E-state index contributed by atoms with van der Waals surface area (Å²) < 4.78 is 2.21. The SMILES string of the molecule is CN(C)C(C1=C[C@H]2C=C[C@@H]1C2)=[N+](C)C. The van der Waals surface area contributed by atoms with Crippen molar-refractivity contribution < 1.29 is 4.58 Å². The van der Waals surface area contributed by atoms with Gasteiger partial charge in [-0.15, -0.1) is 0 Å². The van der Waals surface area contributed by atoms with Crippen molar-refractivity contribution in [2.24, 2.45) is 11.8 Å². The van der Waals surface area contributed by atoms with Crippen molar-refractivity contribution in [2.45, 2.75) is 6.42 Å². The predicted molar refractivity (Wildman–Crippen MR) is 59.6 cm³/mol. The molecule has 0 aromatic carbocycles. The highest BCUT2D eigenvalue weighted by Gasteiger charge is 2.34. The van der Waals surface area contributed by atoms with Crippen LogP contribution in [-0.4, -0.2) is 43.5 Å². The van der Waals surface area contributed by atoms with Gasteiger partial charge in [-0.2, -0.15) is 0 Å². The average Bonchev–Trinajstić information content (AvgIpc) is 2.63. The first-order valence-electron chi connectivity index (χ1n) is 5.21. The van der Waals surface area contributed by atoms with Crippen molar-refractivity contribution in [3.05, 3.63) is 23.8 Å². The molecule has 0 saturated carbocycles. The fraction of sp³-hybridized carbons (Fsp3) is 0.583. The number of fused-ring (bicyclic) bond motifs is 2. The minimum absolute atomic E-state index is 0.666. The van der Waals surface area contributed by atoms with E-state index in [0.717, 1.165) is 0 Å². The number of likely N-dealkylation sites (N-methyl/N-ethyl adjacent to an activating group) is 1. The largest absolute Gasteiger partial charge is 0.274 e. The van der Waals surface area contributed by atoms with E-state index in [2.05, 4.69) is 55.9 Å². The molecule has 2 rings (SSSR count). The van der Waals surface area contributed by atoms with Gasteiger partial charge in [-0.3, -0.25) is 9.48 Å². The topological polar surface area (TPSA) is 6.25 Å². The van der Waals surface area contributed by atoms with Crippen LogP contribution in [-0.2, 0) is 0 Å². The van der Waals surface area contributed by atoms with Gasteiger partial charge in [0.25, 0.3) is 5.84 Å². The molecule has 2 aliphatic carbocycles. The second-order valence-electron chi connectivity index (χ2n) is 4.63. The Morgan fingerprint density at radius 2 is 2.07 bits per heavy atom. The van der Waals surface area contributed by atoms with Gasteiger partial charge in [-0.05, 0) is 12.3 Å². The van der Waals surface area contributed by atoms with Gasteiger partial charge in [0.05, 0.1) is 28.2 Å². The molecule has 2 bridgehead atoms. The van der Waals surface area contributed by atoms with Crippen LogP contribution in [0, 0.1) is 11.8 Å². The summed E-state index contributed by atoms with van der Waals surface area (Å²) in [5, 5.41) is 0. The summed E-state index contributed by atoms with van der Waals surface area (Å²) in [4.78, 5) is 2.21. The Hall–Kier alpha value is -1.05. The van der Waals surface area contributed by atoms with Gasteiger partial charge in [-0.1, -0.05) is 18.2 Å². The molecule has 14 heavy (non-hydrogen) atoms. The number of hydrogen-bond acceptors (Lipinski definition) is 0. The van der Waals surface area contributed by atoms with E-state index in [4.69, 9.17) is 0 Å². The molecule has 0 fully saturated rings. The summed E-state index contributed by atoms with van der Waals surface area (Å²) in [6, 6.07) is 0. The number of hydrogen-bond donors (Lipinski definition) is 0. The van der Waals surface area contributed by atoms with Gasteiger partial charge in [-0.25, -0.2) is 0 Å². The van der Waals surface area contributed by atoms with Crippen LogP contribution in [0.4, 0.5) is 0 Å². The zero-order valence-corrected chi connectivity index (χ0v) is 9.49. The molecule has 0 N–H and O–H groups in total. The molecule has 2 nitrogen and oxygen atoms in total. The molecule has 0 amide bonds. The average molecular weight is 191 g/mol. The lowest BCUT2D eigenvalue weighted by Crippen LogP contribution is -2.32. The summed E-state index contributed by atoms with van der Waals surface area (Å²) in [6.07, 6.45) is 8.39. The van der Waals surface area contributed by atoms with Crippen molar-refractivity contribution in [3.8, 4) is 0 Å². The molecule has 0 saturated heterocycles. The van der Waals surface area contributed by atoms with Crippen molar-refractivity contribution in [1.82, 2.24) is 4.90 Å². The van der Waals surface area contributed by atoms with Crippen LogP contribution in [0.1, 0.15) is 6.42 Å². The van der Waals surface area contributed by atoms with E-state index in [9.17, 15) is 0 Å². The molecule has 76 valence electrons. The molecule has 0 aromatic rings. The second-order valence-corrected chi connectivity index (χ2v) is 4.63. The first-order chi connectivity index (χ1) is 6.59. The molecule has 2 heteroatoms. The van der Waals surface area contributed by atoms with Gasteiger partial charge in [0, 0.05) is 11.5 Å². The Labute approximate surface area is 86.2 Å². The van der Waals surface area contributed by atoms with Gasteiger partial charge >= 0.3 is 0 Å². The monoisotopic (exact) mass is 191 g/mol. The Morgan fingerprint density at radius 1 is 1.36 bits per heavy atom. The van der Waals surface area contributed by atoms with Gasteiger partial charge in [0.1, 0.15) is 0 Å². The highest BCUT2D eigenvalue weighted by molar-refractivity contribution is 5.95. The summed E-state index contributed by atoms with van der Waals surface area (Å²) in [6.45, 7) is 0. The van der Waals surface area contributed by atoms with Gasteiger partial charge < -0.3 is 0 Å². The summed E-state index contributed by atoms with van der Waals surface area (Å²) in [5.74, 6) is 2.71. The van der Waals surface area contributed by atoms with Gasteiger partial charge in [0.2, 0.25) is 0 Å². The Bertz CT molecular complexity index is 330. The fourth-order valence-corrected chi connectivity index (χ4v) is 2.59. The van der Waals surface area contributed by atoms with E-state index in [-0.39, 0.29) is 0 Å². The van der Waals surface area contributed by atoms with Crippen LogP contribution in [0.3, 0.4) is 0 Å². The van der Waals surface area contributed by atoms with Crippen molar-refractivity contribution in [3.63, 3.8) is 0 Å². The smallest absolute Gasteiger partial charge is 0.267 e. The first-order valence-corrected chi connectivity index (χ1v) is 5.21. The van der Waals surface area contributed by atoms with Crippen LogP contribution < -0.4 is 0 Å². The van der Waals surface area contributed by atoms with Crippen LogP contribution in [0.5, 0.6) is 0 Å². The number of rotatable bonds is 1.